The largest absolute Gasteiger partial charge is 0.310 e. The lowest BCUT2D eigenvalue weighted by Gasteiger charge is -2.25. The summed E-state index contributed by atoms with van der Waals surface area (Å²) in [6.45, 7) is 5.66. The Hall–Kier alpha value is -1.83. The van der Waals surface area contributed by atoms with Gasteiger partial charge in [-0.15, -0.1) is 0 Å². The molecule has 2 heteroatoms. The fraction of sp³-hybridized carbons (Fsp3) is 0.267. The van der Waals surface area contributed by atoms with E-state index in [4.69, 9.17) is 0 Å². The molecule has 0 radical (unpaired) electrons. The Labute approximate surface area is 102 Å². The molecule has 0 heterocycles. The Morgan fingerprint density at radius 1 is 1.06 bits per heavy atom. The van der Waals surface area contributed by atoms with Gasteiger partial charge >= 0.3 is 0 Å². The van der Waals surface area contributed by atoms with Crippen molar-refractivity contribution in [2.24, 2.45) is 0 Å². The van der Waals surface area contributed by atoms with Crippen LogP contribution in [0.5, 0.6) is 0 Å². The predicted molar refractivity (Wildman–Crippen MR) is 72.2 cm³/mol. The first-order valence-electron chi connectivity index (χ1n) is 5.88. The topological polar surface area (TPSA) is 20.3 Å². The maximum Gasteiger partial charge on any atom is 0.224 e. The molecule has 0 aromatic heterocycles. The lowest BCUT2D eigenvalue weighted by Crippen LogP contribution is -2.34. The summed E-state index contributed by atoms with van der Waals surface area (Å²) in [6.07, 6.45) is 0. The van der Waals surface area contributed by atoms with Crippen LogP contribution in [0.3, 0.4) is 0 Å². The molecule has 0 unspecified atom stereocenters. The summed E-state index contributed by atoms with van der Waals surface area (Å²) in [7, 11) is 0. The summed E-state index contributed by atoms with van der Waals surface area (Å²) in [5.41, 5.74) is 0.964. The van der Waals surface area contributed by atoms with Crippen molar-refractivity contribution in [3.63, 3.8) is 0 Å². The van der Waals surface area contributed by atoms with E-state index in [0.29, 0.717) is 0 Å². The van der Waals surface area contributed by atoms with E-state index in [1.807, 2.05) is 36.9 Å². The molecule has 2 aromatic rings. The zero-order valence-electron chi connectivity index (χ0n) is 10.5. The third-order valence-corrected chi connectivity index (χ3v) is 2.87. The van der Waals surface area contributed by atoms with Crippen LogP contribution in [0.2, 0.25) is 0 Å². The van der Waals surface area contributed by atoms with Crippen LogP contribution >= 0.6 is 0 Å². The van der Waals surface area contributed by atoms with Crippen LogP contribution in [0, 0.1) is 0 Å². The van der Waals surface area contributed by atoms with Gasteiger partial charge in [0.25, 0.3) is 0 Å². The van der Waals surface area contributed by atoms with Gasteiger partial charge in [0.1, 0.15) is 0 Å². The molecule has 0 aliphatic heterocycles. The molecule has 0 saturated carbocycles. The second-order valence-electron chi connectivity index (χ2n) is 4.51. The molecule has 0 fully saturated rings. The number of carbonyl (C=O) groups excluding carboxylic acids is 1. The van der Waals surface area contributed by atoms with Gasteiger partial charge in [-0.05, 0) is 36.8 Å². The molecule has 0 saturated heterocycles. The van der Waals surface area contributed by atoms with E-state index in [1.165, 1.54) is 5.39 Å². The Morgan fingerprint density at radius 3 is 2.29 bits per heavy atom. The molecular formula is C15H17NO. The number of benzene rings is 2. The predicted octanol–water partition coefficient (Wildman–Crippen LogP) is 3.60. The third-order valence-electron chi connectivity index (χ3n) is 2.87. The Kier molecular flexibility index (Phi) is 3.14. The molecule has 17 heavy (non-hydrogen) atoms. The number of nitrogens with zero attached hydrogens (tertiary/aromatic N) is 1. The minimum absolute atomic E-state index is 0.0790. The van der Waals surface area contributed by atoms with Gasteiger partial charge in [0.15, 0.2) is 0 Å². The van der Waals surface area contributed by atoms with E-state index < -0.39 is 0 Å². The third kappa shape index (κ3) is 2.31. The highest BCUT2D eigenvalue weighted by atomic mass is 16.2. The lowest BCUT2D eigenvalue weighted by atomic mass is 10.1. The molecule has 0 aliphatic rings. The van der Waals surface area contributed by atoms with E-state index in [0.717, 1.165) is 11.1 Å². The van der Waals surface area contributed by atoms with Gasteiger partial charge in [0.2, 0.25) is 5.91 Å². The van der Waals surface area contributed by atoms with Crippen molar-refractivity contribution in [3.8, 4) is 0 Å². The van der Waals surface area contributed by atoms with Crippen LogP contribution in [0.1, 0.15) is 20.8 Å². The molecule has 2 nitrogen and oxygen atoms in total. The number of rotatable bonds is 2. The maximum atomic E-state index is 11.6. The average molecular weight is 227 g/mol. The first-order chi connectivity index (χ1) is 8.09. The number of hydrogen-bond donors (Lipinski definition) is 0. The molecule has 0 aliphatic carbocycles. The molecular weight excluding hydrogens is 210 g/mol. The zero-order valence-corrected chi connectivity index (χ0v) is 10.5. The van der Waals surface area contributed by atoms with E-state index in [9.17, 15) is 4.79 Å². The summed E-state index contributed by atoms with van der Waals surface area (Å²) in [6, 6.07) is 14.5. The Morgan fingerprint density at radius 2 is 1.71 bits per heavy atom. The SMILES string of the molecule is CC(=O)N(c1ccc2ccccc2c1)C(C)C. The molecule has 88 valence electrons. The molecule has 0 bridgehead atoms. The van der Waals surface area contributed by atoms with Gasteiger partial charge < -0.3 is 4.90 Å². The van der Waals surface area contributed by atoms with Gasteiger partial charge in [-0.3, -0.25) is 4.79 Å². The Balaban J connectivity index is 2.51. The van der Waals surface area contributed by atoms with Gasteiger partial charge in [0, 0.05) is 18.7 Å². The van der Waals surface area contributed by atoms with Crippen LogP contribution in [-0.2, 0) is 4.79 Å². The molecule has 0 N–H and O–H groups in total. The highest BCUT2D eigenvalue weighted by molar-refractivity contribution is 5.95. The zero-order chi connectivity index (χ0) is 12.4. The molecule has 2 aromatic carbocycles. The van der Waals surface area contributed by atoms with Crippen molar-refractivity contribution in [3.05, 3.63) is 42.5 Å². The Bertz CT molecular complexity index is 545. The van der Waals surface area contributed by atoms with Crippen molar-refractivity contribution in [1.82, 2.24) is 0 Å². The monoisotopic (exact) mass is 227 g/mol. The van der Waals surface area contributed by atoms with Gasteiger partial charge in [0.05, 0.1) is 0 Å². The molecule has 1 amide bonds. The summed E-state index contributed by atoms with van der Waals surface area (Å²) >= 11 is 0. The number of hydrogen-bond acceptors (Lipinski definition) is 1. The van der Waals surface area contributed by atoms with Gasteiger partial charge in [-0.25, -0.2) is 0 Å². The van der Waals surface area contributed by atoms with E-state index >= 15 is 0 Å². The highest BCUT2D eigenvalue weighted by Gasteiger charge is 2.14. The number of fused-ring (bicyclic) bond motifs is 1. The number of anilines is 1. The number of carbonyl (C=O) groups is 1. The summed E-state index contributed by atoms with van der Waals surface area (Å²) < 4.78 is 0. The van der Waals surface area contributed by atoms with Crippen LogP contribution in [0.4, 0.5) is 5.69 Å². The minimum Gasteiger partial charge on any atom is -0.310 e. The van der Waals surface area contributed by atoms with E-state index in [-0.39, 0.29) is 11.9 Å². The van der Waals surface area contributed by atoms with Crippen molar-refractivity contribution in [1.29, 1.82) is 0 Å². The minimum atomic E-state index is 0.0790. The highest BCUT2D eigenvalue weighted by Crippen LogP contribution is 2.23. The van der Waals surface area contributed by atoms with Crippen LogP contribution in [0.15, 0.2) is 42.5 Å². The standard InChI is InChI=1S/C15H17NO/c1-11(2)16(12(3)17)15-9-8-13-6-4-5-7-14(13)10-15/h4-11H,1-3H3. The smallest absolute Gasteiger partial charge is 0.224 e. The fourth-order valence-corrected chi connectivity index (χ4v) is 2.17. The van der Waals surface area contributed by atoms with Gasteiger partial charge in [-0.1, -0.05) is 30.3 Å². The summed E-state index contributed by atoms with van der Waals surface area (Å²) in [5, 5.41) is 2.36. The first-order valence-corrected chi connectivity index (χ1v) is 5.88. The van der Waals surface area contributed by atoms with Crippen LogP contribution < -0.4 is 4.90 Å². The first kappa shape index (κ1) is 11.6. The van der Waals surface area contributed by atoms with Crippen molar-refractivity contribution < 1.29 is 4.79 Å². The van der Waals surface area contributed by atoms with Crippen LogP contribution in [-0.4, -0.2) is 11.9 Å². The second kappa shape index (κ2) is 4.58. The fourth-order valence-electron chi connectivity index (χ4n) is 2.17. The van der Waals surface area contributed by atoms with Crippen molar-refractivity contribution >= 4 is 22.4 Å². The average Bonchev–Trinajstić information content (AvgIpc) is 2.28. The summed E-state index contributed by atoms with van der Waals surface area (Å²) in [4.78, 5) is 13.5. The van der Waals surface area contributed by atoms with Crippen molar-refractivity contribution in [2.45, 2.75) is 26.8 Å². The van der Waals surface area contributed by atoms with Gasteiger partial charge in [-0.2, -0.15) is 0 Å². The van der Waals surface area contributed by atoms with E-state index in [1.54, 1.807) is 6.92 Å². The second-order valence-corrected chi connectivity index (χ2v) is 4.51. The van der Waals surface area contributed by atoms with E-state index in [2.05, 4.69) is 24.3 Å². The normalized spacial score (nSPS) is 10.8. The summed E-state index contributed by atoms with van der Waals surface area (Å²) in [5.74, 6) is 0.0790. The van der Waals surface area contributed by atoms with Crippen molar-refractivity contribution in [2.75, 3.05) is 4.90 Å². The maximum absolute atomic E-state index is 11.6. The molecule has 0 spiro atoms. The molecule has 0 atom stereocenters. The quantitative estimate of drug-likeness (QED) is 0.767. The molecule has 2 rings (SSSR count). The van der Waals surface area contributed by atoms with Crippen LogP contribution in [0.25, 0.3) is 10.8 Å². The number of amides is 1. The lowest BCUT2D eigenvalue weighted by molar-refractivity contribution is -0.116.